The molecule has 0 aliphatic carbocycles. The van der Waals surface area contributed by atoms with Crippen molar-refractivity contribution in [3.8, 4) is 0 Å². The monoisotopic (exact) mass is 443 g/mol. The molecule has 152 valence electrons. The lowest BCUT2D eigenvalue weighted by molar-refractivity contribution is 0.0696. The predicted octanol–water partition coefficient (Wildman–Crippen LogP) is 3.67. The van der Waals surface area contributed by atoms with Crippen molar-refractivity contribution in [1.29, 1.82) is 0 Å². The number of carboxylic acid groups (broad SMARTS) is 1. The highest BCUT2D eigenvalue weighted by molar-refractivity contribution is 6.42. The molecule has 0 aliphatic heterocycles. The number of hydrazone groups is 1. The molecule has 0 saturated heterocycles. The fraction of sp³-hybridized carbons (Fsp3) is 0.0476. The number of carbonyl (C=O) groups is 2. The number of nitrogens with zero attached hydrogens (tertiary/aromatic N) is 2. The number of carbonyl (C=O) groups excluding carboxylic acids is 1. The van der Waals surface area contributed by atoms with Gasteiger partial charge in [0.25, 0.3) is 11.5 Å². The number of nitrogens with one attached hydrogen (secondary N) is 1. The number of aromatic nitrogens is 1. The van der Waals surface area contributed by atoms with Gasteiger partial charge in [0.2, 0.25) is 0 Å². The van der Waals surface area contributed by atoms with Gasteiger partial charge in [0.1, 0.15) is 5.56 Å². The second-order valence-electron chi connectivity index (χ2n) is 6.19. The van der Waals surface area contributed by atoms with E-state index in [2.05, 4.69) is 10.5 Å². The van der Waals surface area contributed by atoms with Gasteiger partial charge in [0.15, 0.2) is 0 Å². The van der Waals surface area contributed by atoms with Gasteiger partial charge in [-0.3, -0.25) is 9.59 Å². The first kappa shape index (κ1) is 21.3. The zero-order valence-corrected chi connectivity index (χ0v) is 16.9. The summed E-state index contributed by atoms with van der Waals surface area (Å²) in [6, 6.07) is 14.2. The van der Waals surface area contributed by atoms with E-state index in [1.807, 2.05) is 0 Å². The summed E-state index contributed by atoms with van der Waals surface area (Å²) in [4.78, 5) is 36.2. The molecule has 2 aromatic carbocycles. The first-order valence-electron chi connectivity index (χ1n) is 8.66. The van der Waals surface area contributed by atoms with Gasteiger partial charge in [0, 0.05) is 11.8 Å². The van der Waals surface area contributed by atoms with E-state index in [1.165, 1.54) is 22.9 Å². The van der Waals surface area contributed by atoms with Crippen molar-refractivity contribution >= 4 is 41.3 Å². The Morgan fingerprint density at radius 1 is 1.03 bits per heavy atom. The third-order valence-corrected chi connectivity index (χ3v) is 4.90. The minimum absolute atomic E-state index is 0.0409. The van der Waals surface area contributed by atoms with E-state index in [9.17, 15) is 14.4 Å². The first-order valence-corrected chi connectivity index (χ1v) is 9.41. The Balaban J connectivity index is 1.77. The van der Waals surface area contributed by atoms with Crippen LogP contribution < -0.4 is 11.0 Å². The number of amides is 1. The average Bonchev–Trinajstić information content (AvgIpc) is 2.72. The zero-order chi connectivity index (χ0) is 21.7. The van der Waals surface area contributed by atoms with E-state index in [-0.39, 0.29) is 17.7 Å². The molecular formula is C21H15Cl2N3O4. The van der Waals surface area contributed by atoms with Gasteiger partial charge in [-0.15, -0.1) is 0 Å². The molecule has 0 bridgehead atoms. The molecular weight excluding hydrogens is 429 g/mol. The normalized spacial score (nSPS) is 10.9. The molecule has 2 N–H and O–H groups in total. The zero-order valence-electron chi connectivity index (χ0n) is 15.4. The molecule has 1 aromatic heterocycles. The van der Waals surface area contributed by atoms with E-state index < -0.39 is 17.4 Å². The van der Waals surface area contributed by atoms with Crippen LogP contribution in [0.1, 0.15) is 31.8 Å². The van der Waals surface area contributed by atoms with Crippen molar-refractivity contribution in [3.63, 3.8) is 0 Å². The number of benzene rings is 2. The van der Waals surface area contributed by atoms with Crippen molar-refractivity contribution in [2.75, 3.05) is 0 Å². The second-order valence-corrected chi connectivity index (χ2v) is 7.01. The minimum atomic E-state index is -1.11. The van der Waals surface area contributed by atoms with Crippen LogP contribution in [-0.4, -0.2) is 27.8 Å². The van der Waals surface area contributed by atoms with E-state index in [0.29, 0.717) is 15.6 Å². The van der Waals surface area contributed by atoms with Crippen LogP contribution in [0.5, 0.6) is 0 Å². The molecule has 0 saturated carbocycles. The summed E-state index contributed by atoms with van der Waals surface area (Å²) >= 11 is 11.9. The Morgan fingerprint density at radius 2 is 1.77 bits per heavy atom. The number of pyridine rings is 1. The van der Waals surface area contributed by atoms with Crippen molar-refractivity contribution in [3.05, 3.63) is 103 Å². The Labute approximate surface area is 181 Å². The molecule has 7 nitrogen and oxygen atoms in total. The molecule has 9 heteroatoms. The van der Waals surface area contributed by atoms with Gasteiger partial charge < -0.3 is 9.67 Å². The number of aromatic carboxylic acids is 1. The molecule has 0 unspecified atom stereocenters. The van der Waals surface area contributed by atoms with Crippen LogP contribution in [-0.2, 0) is 6.54 Å². The maximum absolute atomic E-state index is 12.7. The lowest BCUT2D eigenvalue weighted by Gasteiger charge is -2.08. The van der Waals surface area contributed by atoms with Gasteiger partial charge in [-0.1, -0.05) is 47.5 Å². The highest BCUT2D eigenvalue weighted by Gasteiger charge is 2.12. The van der Waals surface area contributed by atoms with Crippen molar-refractivity contribution in [1.82, 2.24) is 9.99 Å². The summed E-state index contributed by atoms with van der Waals surface area (Å²) in [6.45, 7) is 0.200. The average molecular weight is 444 g/mol. The summed E-state index contributed by atoms with van der Waals surface area (Å²) in [6.07, 6.45) is 2.76. The molecule has 3 aromatic rings. The number of halogens is 2. The molecule has 0 atom stereocenters. The summed E-state index contributed by atoms with van der Waals surface area (Å²) < 4.78 is 1.36. The maximum Gasteiger partial charge on any atom is 0.336 e. The molecule has 3 rings (SSSR count). The van der Waals surface area contributed by atoms with Crippen LogP contribution in [0.25, 0.3) is 0 Å². The summed E-state index contributed by atoms with van der Waals surface area (Å²) in [5, 5.41) is 13.7. The molecule has 0 fully saturated rings. The van der Waals surface area contributed by atoms with Crippen LogP contribution >= 0.6 is 23.2 Å². The largest absolute Gasteiger partial charge is 0.478 e. The summed E-state index contributed by atoms with van der Waals surface area (Å²) in [5.41, 5.74) is 2.72. The Hall–Kier alpha value is -3.42. The highest BCUT2D eigenvalue weighted by atomic mass is 35.5. The quantitative estimate of drug-likeness (QED) is 0.448. The van der Waals surface area contributed by atoms with Crippen LogP contribution in [0.2, 0.25) is 10.0 Å². The Morgan fingerprint density at radius 3 is 2.50 bits per heavy atom. The number of carboxylic acids is 1. The van der Waals surface area contributed by atoms with Gasteiger partial charge in [-0.2, -0.15) is 5.10 Å². The third kappa shape index (κ3) is 4.94. The van der Waals surface area contributed by atoms with Crippen molar-refractivity contribution < 1.29 is 14.7 Å². The molecule has 0 radical (unpaired) electrons. The van der Waals surface area contributed by atoms with Crippen LogP contribution in [0.4, 0.5) is 0 Å². The Kier molecular flexibility index (Phi) is 6.66. The van der Waals surface area contributed by atoms with E-state index in [0.717, 1.165) is 5.56 Å². The molecule has 30 heavy (non-hydrogen) atoms. The topological polar surface area (TPSA) is 101 Å². The van der Waals surface area contributed by atoms with E-state index >= 15 is 0 Å². The summed E-state index contributed by atoms with van der Waals surface area (Å²) in [7, 11) is 0. The fourth-order valence-electron chi connectivity index (χ4n) is 2.69. The molecule has 1 heterocycles. The standard InChI is InChI=1S/C21H15Cl2N3O4/c22-17-8-7-13(10-18(17)23)12-26-9-3-6-16(20(26)28)19(27)25-24-11-14-4-1-2-5-15(14)21(29)30/h1-11H,12H2,(H,25,27)(H,29,30)/b24-11-. The first-order chi connectivity index (χ1) is 14.4. The second kappa shape index (κ2) is 9.39. The van der Waals surface area contributed by atoms with Gasteiger partial charge in [-0.05, 0) is 35.9 Å². The molecule has 0 spiro atoms. The molecule has 1 amide bonds. The predicted molar refractivity (Wildman–Crippen MR) is 115 cm³/mol. The minimum Gasteiger partial charge on any atom is -0.478 e. The van der Waals surface area contributed by atoms with Gasteiger partial charge >= 0.3 is 5.97 Å². The highest BCUT2D eigenvalue weighted by Crippen LogP contribution is 2.22. The maximum atomic E-state index is 12.7. The van der Waals surface area contributed by atoms with E-state index in [4.69, 9.17) is 28.3 Å². The van der Waals surface area contributed by atoms with Crippen molar-refractivity contribution in [2.45, 2.75) is 6.54 Å². The third-order valence-electron chi connectivity index (χ3n) is 4.16. The smallest absolute Gasteiger partial charge is 0.336 e. The fourth-order valence-corrected chi connectivity index (χ4v) is 3.01. The van der Waals surface area contributed by atoms with Crippen LogP contribution in [0, 0.1) is 0 Å². The lowest BCUT2D eigenvalue weighted by Crippen LogP contribution is -2.30. The van der Waals surface area contributed by atoms with Crippen LogP contribution in [0.3, 0.4) is 0 Å². The number of rotatable bonds is 6. The number of hydrogen-bond donors (Lipinski definition) is 2. The van der Waals surface area contributed by atoms with Gasteiger partial charge in [0.05, 0.1) is 28.4 Å². The Bertz CT molecular complexity index is 1200. The van der Waals surface area contributed by atoms with Crippen molar-refractivity contribution in [2.24, 2.45) is 5.10 Å². The SMILES string of the molecule is O=C(O)c1ccccc1/C=N\NC(=O)c1cccn(Cc2ccc(Cl)c(Cl)c2)c1=O. The lowest BCUT2D eigenvalue weighted by atomic mass is 10.1. The van der Waals surface area contributed by atoms with E-state index in [1.54, 1.807) is 48.7 Å². The van der Waals surface area contributed by atoms with Gasteiger partial charge in [-0.25, -0.2) is 10.2 Å². The summed E-state index contributed by atoms with van der Waals surface area (Å²) in [5.74, 6) is -1.83. The number of hydrogen-bond acceptors (Lipinski definition) is 4. The van der Waals surface area contributed by atoms with Crippen LogP contribution in [0.15, 0.2) is 70.7 Å². The molecule has 0 aliphatic rings.